The van der Waals surface area contributed by atoms with Crippen molar-refractivity contribution in [3.05, 3.63) is 398 Å². The molecule has 1 aliphatic rings. The van der Waals surface area contributed by atoms with Crippen LogP contribution < -0.4 is 19.6 Å². The van der Waals surface area contributed by atoms with E-state index < -0.39 is 0 Å². The van der Waals surface area contributed by atoms with Gasteiger partial charge in [0.25, 0.3) is 0 Å². The van der Waals surface area contributed by atoms with Crippen LogP contribution in [0.1, 0.15) is 25.0 Å². The van der Waals surface area contributed by atoms with Gasteiger partial charge in [0.1, 0.15) is 22.3 Å². The minimum absolute atomic E-state index is 0.122. The molecule has 0 fully saturated rings. The van der Waals surface area contributed by atoms with Crippen molar-refractivity contribution >= 4 is 172 Å². The second kappa shape index (κ2) is 26.5. The van der Waals surface area contributed by atoms with Gasteiger partial charge in [0.15, 0.2) is 0 Å². The van der Waals surface area contributed by atoms with Crippen LogP contribution in [-0.2, 0) is 5.41 Å². The summed E-state index contributed by atoms with van der Waals surface area (Å²) in [5.41, 5.74) is 25.1. The van der Waals surface area contributed by atoms with Gasteiger partial charge in [0, 0.05) is 117 Å². The Labute approximate surface area is 634 Å². The third-order valence-corrected chi connectivity index (χ3v) is 22.5. The Balaban J connectivity index is 0.000000143. The average molecular weight is 1420 g/mol. The topological polar surface area (TPSA) is 48.5 Å². The van der Waals surface area contributed by atoms with Gasteiger partial charge in [0.2, 0.25) is 5.69 Å². The number of hydrogen-bond acceptors (Lipinski definition) is 7. The molecule has 0 unspecified atom stereocenters. The number of thiophene rings is 1. The highest BCUT2D eigenvalue weighted by Crippen LogP contribution is 2.56. The van der Waals surface area contributed by atoms with Crippen LogP contribution in [0.25, 0.3) is 108 Å². The summed E-state index contributed by atoms with van der Waals surface area (Å²) in [4.78, 5) is 13.1. The maximum Gasteiger partial charge on any atom is 0.210 e. The molecule has 0 bridgehead atoms. The Morgan fingerprint density at radius 1 is 0.321 bits per heavy atom. The molecule has 0 N–H and O–H groups in total. The first-order chi connectivity index (χ1) is 53.8. The number of rotatable bonds is 13. The molecule has 4 heterocycles. The maximum atomic E-state index is 7.89. The van der Waals surface area contributed by atoms with E-state index in [1.54, 1.807) is 11.3 Å². The minimum atomic E-state index is -0.122. The van der Waals surface area contributed by atoms with Gasteiger partial charge in [-0.25, -0.2) is 4.85 Å². The Morgan fingerprint density at radius 3 is 1.42 bits per heavy atom. The molecular weight excluding hydrogens is 1350 g/mol. The molecular formula is C100H68N6O2S. The predicted molar refractivity (Wildman–Crippen MR) is 457 cm³/mol. The number of hydrogen-bond donors (Lipinski definition) is 0. The molecule has 9 heteroatoms. The highest BCUT2D eigenvalue weighted by molar-refractivity contribution is 7.17. The number of furan rings is 2. The first kappa shape index (κ1) is 64.4. The number of aromatic nitrogens is 1. The molecule has 0 radical (unpaired) electrons. The van der Waals surface area contributed by atoms with Gasteiger partial charge in [-0.05, 0) is 214 Å². The highest BCUT2D eigenvalue weighted by atomic mass is 32.1. The van der Waals surface area contributed by atoms with Gasteiger partial charge in [-0.15, -0.1) is 11.3 Å². The van der Waals surface area contributed by atoms with Crippen molar-refractivity contribution < 1.29 is 8.83 Å². The molecule has 0 spiro atoms. The van der Waals surface area contributed by atoms with Crippen molar-refractivity contribution in [2.45, 2.75) is 19.3 Å². The molecule has 109 heavy (non-hydrogen) atoms. The molecule has 0 aliphatic heterocycles. The monoisotopic (exact) mass is 1420 g/mol. The number of para-hydroxylation sites is 8. The summed E-state index contributed by atoms with van der Waals surface area (Å²) in [5.74, 6) is 0. The van der Waals surface area contributed by atoms with Gasteiger partial charge in [-0.3, -0.25) is 0 Å². The first-order valence-electron chi connectivity index (χ1n) is 36.8. The Bertz CT molecular complexity index is 6940. The number of nitrogens with zero attached hydrogens (tertiary/aromatic N) is 6. The summed E-state index contributed by atoms with van der Waals surface area (Å²) in [6.07, 6.45) is 0. The van der Waals surface area contributed by atoms with Crippen molar-refractivity contribution in [2.75, 3.05) is 19.6 Å². The molecule has 8 nitrogen and oxygen atoms in total. The quantitative estimate of drug-likeness (QED) is 0.107. The third-order valence-electron chi connectivity index (χ3n) is 21.6. The smallest absolute Gasteiger partial charge is 0.210 e. The van der Waals surface area contributed by atoms with Gasteiger partial charge in [-0.2, -0.15) is 0 Å². The molecule has 4 aromatic heterocycles. The summed E-state index contributed by atoms with van der Waals surface area (Å²) in [5, 5.41) is 12.5. The van der Waals surface area contributed by atoms with Crippen LogP contribution in [-0.4, -0.2) is 4.57 Å². The molecule has 20 aromatic rings. The molecule has 0 saturated heterocycles. The summed E-state index contributed by atoms with van der Waals surface area (Å²) >= 11 is 1.77. The van der Waals surface area contributed by atoms with Crippen molar-refractivity contribution in [1.82, 2.24) is 4.57 Å². The van der Waals surface area contributed by atoms with Crippen LogP contribution in [0.4, 0.5) is 73.9 Å². The van der Waals surface area contributed by atoms with Crippen molar-refractivity contribution in [2.24, 2.45) is 0 Å². The second-order valence-corrected chi connectivity index (χ2v) is 29.2. The van der Waals surface area contributed by atoms with Crippen molar-refractivity contribution in [3.63, 3.8) is 0 Å². The SMILES string of the molecule is [C-]#[N+]c1ccccc1N(c1ccccc1)c1ccc2c(c1)oc1ccc(N(c3ccccc3)c3cc4c(c5ccccc35)C(C)(C)c3ccccc3-4)cc12.c1ccc(N(c2ccc3sccc3c2)c2ccc3c(c2)oc2ccc(N(c4ccccc4)c4cccc5c4c4ccccc4n5-c4ccccc4)cc23)cc1. The normalized spacial score (nSPS) is 12.2. The van der Waals surface area contributed by atoms with Crippen molar-refractivity contribution in [3.8, 4) is 16.8 Å². The summed E-state index contributed by atoms with van der Waals surface area (Å²) in [6.45, 7) is 12.6. The molecule has 21 rings (SSSR count). The first-order valence-corrected chi connectivity index (χ1v) is 37.7. The lowest BCUT2D eigenvalue weighted by atomic mass is 9.80. The van der Waals surface area contributed by atoms with Gasteiger partial charge in [0.05, 0.1) is 34.7 Å². The standard InChI is InChI=1S/C50H33N3OS.C50H35N3O/c1-4-13-35(14-5-1)51(38-25-28-49-34(31-38)29-30-55-49)40-23-26-41-43-32-39(24-27-47(43)54-48(41)33-40)52(36-15-6-2-7-16-36)45-21-12-22-46-50(45)42-19-10-11-20-44(42)53(46)37-17-8-3-9-18-37;1-50(2)43-23-13-12-20-37(43)42-32-46(38-21-10-11-22-40(38)49(42)50)53(34-18-8-5-9-19-34)35-27-29-47-41(30-35)39-28-26-36(31-48(39)54-47)52(33-16-6-4-7-17-33)45-25-15-14-24-44(45)51-3/h1-33H;4-32H,1-2H3. The van der Waals surface area contributed by atoms with E-state index in [1.165, 1.54) is 59.4 Å². The molecule has 0 saturated carbocycles. The Hall–Kier alpha value is -14.2. The molecule has 0 atom stereocenters. The van der Waals surface area contributed by atoms with Crippen LogP contribution in [0.15, 0.2) is 384 Å². The van der Waals surface area contributed by atoms with Crippen LogP contribution in [0.5, 0.6) is 0 Å². The van der Waals surface area contributed by atoms with E-state index in [-0.39, 0.29) is 5.41 Å². The van der Waals surface area contributed by atoms with Crippen LogP contribution in [0.2, 0.25) is 0 Å². The van der Waals surface area contributed by atoms with E-state index in [0.717, 1.165) is 123 Å². The summed E-state index contributed by atoms with van der Waals surface area (Å²) in [7, 11) is 0. The fourth-order valence-electron chi connectivity index (χ4n) is 16.8. The van der Waals surface area contributed by atoms with Crippen molar-refractivity contribution in [1.29, 1.82) is 0 Å². The van der Waals surface area contributed by atoms with Gasteiger partial charge >= 0.3 is 0 Å². The molecule has 16 aromatic carbocycles. The van der Waals surface area contributed by atoms with E-state index >= 15 is 0 Å². The average Bonchev–Trinajstić information content (AvgIpc) is 1.49. The lowest BCUT2D eigenvalue weighted by Gasteiger charge is -2.29. The third kappa shape index (κ3) is 10.9. The predicted octanol–water partition coefficient (Wildman–Crippen LogP) is 29.4. The number of anilines is 12. The van der Waals surface area contributed by atoms with Gasteiger partial charge < -0.3 is 33.0 Å². The number of benzene rings is 16. The van der Waals surface area contributed by atoms with E-state index in [9.17, 15) is 0 Å². The molecule has 516 valence electrons. The maximum absolute atomic E-state index is 7.89. The summed E-state index contributed by atoms with van der Waals surface area (Å²) < 4.78 is 16.9. The highest BCUT2D eigenvalue weighted by Gasteiger charge is 2.38. The van der Waals surface area contributed by atoms with E-state index in [2.05, 4.69) is 376 Å². The van der Waals surface area contributed by atoms with E-state index in [1.807, 2.05) is 42.5 Å². The zero-order valence-corrected chi connectivity index (χ0v) is 60.5. The largest absolute Gasteiger partial charge is 0.456 e. The fraction of sp³-hybridized carbons (Fsp3) is 0.0300. The Kier molecular flexibility index (Phi) is 15.6. The minimum Gasteiger partial charge on any atom is -0.456 e. The van der Waals surface area contributed by atoms with E-state index in [4.69, 9.17) is 15.4 Å². The fourth-order valence-corrected chi connectivity index (χ4v) is 17.6. The molecule has 1 aliphatic carbocycles. The lowest BCUT2D eigenvalue weighted by Crippen LogP contribution is -2.16. The van der Waals surface area contributed by atoms with Crippen LogP contribution in [0.3, 0.4) is 0 Å². The summed E-state index contributed by atoms with van der Waals surface area (Å²) in [6, 6.07) is 131. The lowest BCUT2D eigenvalue weighted by molar-refractivity contribution is 0.666. The zero-order valence-electron chi connectivity index (χ0n) is 59.7. The zero-order chi connectivity index (χ0) is 72.7. The van der Waals surface area contributed by atoms with E-state index in [0.29, 0.717) is 5.69 Å². The van der Waals surface area contributed by atoms with Gasteiger partial charge in [-0.1, -0.05) is 196 Å². The van der Waals surface area contributed by atoms with Crippen LogP contribution >= 0.6 is 11.3 Å². The second-order valence-electron chi connectivity index (χ2n) is 28.2. The molecule has 0 amide bonds. The number of fused-ring (bicyclic) bond motifs is 15. The van der Waals surface area contributed by atoms with Crippen LogP contribution in [0, 0.1) is 6.57 Å². The Morgan fingerprint density at radius 2 is 0.789 bits per heavy atom.